The Morgan fingerprint density at radius 3 is 2.64 bits per heavy atom. The highest BCUT2D eigenvalue weighted by atomic mass is 32.2. The van der Waals surface area contributed by atoms with Crippen molar-refractivity contribution in [2.75, 3.05) is 5.75 Å². The molecule has 1 N–H and O–H groups in total. The predicted octanol–water partition coefficient (Wildman–Crippen LogP) is 0.596. The topological polar surface area (TPSA) is 72.5 Å². The zero-order valence-corrected chi connectivity index (χ0v) is 9.13. The average molecular weight is 221 g/mol. The SMILES string of the molecule is C=CC(=O)NOS(=O)(=O)CC(C)CC. The molecule has 0 aliphatic carbocycles. The van der Waals surface area contributed by atoms with Crippen LogP contribution in [0.15, 0.2) is 12.7 Å². The highest BCUT2D eigenvalue weighted by molar-refractivity contribution is 7.86. The lowest BCUT2D eigenvalue weighted by Crippen LogP contribution is -2.28. The van der Waals surface area contributed by atoms with Crippen molar-refractivity contribution in [1.82, 2.24) is 5.48 Å². The lowest BCUT2D eigenvalue weighted by atomic mass is 10.2. The quantitative estimate of drug-likeness (QED) is 0.526. The molecule has 1 unspecified atom stereocenters. The Morgan fingerprint density at radius 2 is 2.21 bits per heavy atom. The van der Waals surface area contributed by atoms with Gasteiger partial charge in [-0.05, 0) is 12.0 Å². The van der Waals surface area contributed by atoms with E-state index >= 15 is 0 Å². The van der Waals surface area contributed by atoms with Gasteiger partial charge in [0.25, 0.3) is 16.0 Å². The number of rotatable bonds is 6. The number of carbonyl (C=O) groups is 1. The number of carbonyl (C=O) groups excluding carboxylic acids is 1. The van der Waals surface area contributed by atoms with Gasteiger partial charge in [0.05, 0.1) is 5.75 Å². The van der Waals surface area contributed by atoms with Crippen molar-refractivity contribution in [2.24, 2.45) is 5.92 Å². The summed E-state index contributed by atoms with van der Waals surface area (Å²) in [5.74, 6) is -0.792. The van der Waals surface area contributed by atoms with Crippen LogP contribution in [0.5, 0.6) is 0 Å². The number of hydrogen-bond donors (Lipinski definition) is 1. The van der Waals surface area contributed by atoms with Crippen molar-refractivity contribution < 1.29 is 17.5 Å². The van der Waals surface area contributed by atoms with Crippen molar-refractivity contribution >= 4 is 16.0 Å². The van der Waals surface area contributed by atoms with E-state index in [9.17, 15) is 13.2 Å². The minimum atomic E-state index is -3.68. The highest BCUT2D eigenvalue weighted by Gasteiger charge is 2.16. The molecule has 1 amide bonds. The average Bonchev–Trinajstić information content (AvgIpc) is 2.13. The van der Waals surface area contributed by atoms with Crippen molar-refractivity contribution in [1.29, 1.82) is 0 Å². The van der Waals surface area contributed by atoms with E-state index in [4.69, 9.17) is 0 Å². The maximum Gasteiger partial charge on any atom is 0.288 e. The molecule has 0 fully saturated rings. The Morgan fingerprint density at radius 1 is 1.64 bits per heavy atom. The van der Waals surface area contributed by atoms with Crippen molar-refractivity contribution in [3.63, 3.8) is 0 Å². The second kappa shape index (κ2) is 5.77. The summed E-state index contributed by atoms with van der Waals surface area (Å²) in [6.45, 7) is 6.82. The third-order valence-electron chi connectivity index (χ3n) is 1.64. The Balaban J connectivity index is 4.09. The van der Waals surface area contributed by atoms with Crippen LogP contribution in [-0.4, -0.2) is 20.1 Å². The van der Waals surface area contributed by atoms with E-state index in [1.807, 2.05) is 6.92 Å². The molecule has 0 saturated carbocycles. The van der Waals surface area contributed by atoms with Crippen molar-refractivity contribution in [3.8, 4) is 0 Å². The minimum absolute atomic E-state index is 0.000586. The van der Waals surface area contributed by atoms with Crippen molar-refractivity contribution in [3.05, 3.63) is 12.7 Å². The number of nitrogens with one attached hydrogen (secondary N) is 1. The molecule has 0 bridgehead atoms. The summed E-state index contributed by atoms with van der Waals surface area (Å²) in [6.07, 6.45) is 1.66. The minimum Gasteiger partial charge on any atom is -0.268 e. The Kier molecular flexibility index (Phi) is 5.40. The van der Waals surface area contributed by atoms with E-state index in [0.717, 1.165) is 12.5 Å². The van der Waals surface area contributed by atoms with Crippen LogP contribution < -0.4 is 5.48 Å². The molecule has 0 rings (SSSR count). The molecule has 6 heteroatoms. The molecule has 82 valence electrons. The van der Waals surface area contributed by atoms with Crippen molar-refractivity contribution in [2.45, 2.75) is 20.3 Å². The number of hydrogen-bond acceptors (Lipinski definition) is 4. The van der Waals surface area contributed by atoms with E-state index in [1.165, 1.54) is 0 Å². The Labute approximate surface area is 84.2 Å². The molecule has 0 heterocycles. The molecule has 0 aromatic heterocycles. The van der Waals surface area contributed by atoms with Gasteiger partial charge < -0.3 is 0 Å². The van der Waals surface area contributed by atoms with Gasteiger partial charge in [-0.15, -0.1) is 4.28 Å². The summed E-state index contributed by atoms with van der Waals surface area (Å²) in [7, 11) is -3.68. The predicted molar refractivity (Wildman–Crippen MR) is 52.7 cm³/mol. The van der Waals surface area contributed by atoms with E-state index in [0.29, 0.717) is 0 Å². The monoisotopic (exact) mass is 221 g/mol. The fourth-order valence-electron chi connectivity index (χ4n) is 0.647. The maximum atomic E-state index is 11.1. The van der Waals surface area contributed by atoms with Crippen LogP contribution in [0.2, 0.25) is 0 Å². The molecule has 0 aromatic rings. The van der Waals surface area contributed by atoms with E-state index in [1.54, 1.807) is 12.4 Å². The fourth-order valence-corrected chi connectivity index (χ4v) is 1.86. The first-order valence-corrected chi connectivity index (χ1v) is 5.82. The standard InChI is InChI=1S/C8H15NO4S/c1-4-7(3)6-14(11,12)13-9-8(10)5-2/h5,7H,2,4,6H2,1,3H3,(H,9,10). The molecule has 0 radical (unpaired) electrons. The third-order valence-corrected chi connectivity index (χ3v) is 2.95. The second-order valence-corrected chi connectivity index (χ2v) is 4.61. The molecular formula is C8H15NO4S. The van der Waals surface area contributed by atoms with Gasteiger partial charge in [-0.2, -0.15) is 8.42 Å². The van der Waals surface area contributed by atoms with Gasteiger partial charge in [-0.1, -0.05) is 26.8 Å². The molecule has 0 spiro atoms. The first-order valence-electron chi connectivity index (χ1n) is 4.24. The fraction of sp³-hybridized carbons (Fsp3) is 0.625. The van der Waals surface area contributed by atoms with Gasteiger partial charge in [-0.25, -0.2) is 5.48 Å². The second-order valence-electron chi connectivity index (χ2n) is 2.99. The zero-order chi connectivity index (χ0) is 11.2. The molecular weight excluding hydrogens is 206 g/mol. The van der Waals surface area contributed by atoms with Gasteiger partial charge >= 0.3 is 0 Å². The van der Waals surface area contributed by atoms with E-state index < -0.39 is 16.0 Å². The summed E-state index contributed by atoms with van der Waals surface area (Å²) in [6, 6.07) is 0. The largest absolute Gasteiger partial charge is 0.288 e. The number of hydroxylamine groups is 1. The number of amides is 1. The molecule has 0 aliphatic rings. The molecule has 5 nitrogen and oxygen atoms in total. The summed E-state index contributed by atoms with van der Waals surface area (Å²) >= 11 is 0. The highest BCUT2D eigenvalue weighted by Crippen LogP contribution is 2.05. The molecule has 1 atom stereocenters. The van der Waals surface area contributed by atoms with Gasteiger partial charge in [0.2, 0.25) is 0 Å². The smallest absolute Gasteiger partial charge is 0.268 e. The maximum absolute atomic E-state index is 11.1. The van der Waals surface area contributed by atoms with Crippen LogP contribution in [-0.2, 0) is 19.2 Å². The van der Waals surface area contributed by atoms with Crippen LogP contribution in [0, 0.1) is 5.92 Å². The van der Waals surface area contributed by atoms with E-state index in [2.05, 4.69) is 10.9 Å². The van der Waals surface area contributed by atoms with Gasteiger partial charge in [0, 0.05) is 0 Å². The summed E-state index contributed by atoms with van der Waals surface area (Å²) < 4.78 is 26.6. The van der Waals surface area contributed by atoms with Crippen LogP contribution in [0.25, 0.3) is 0 Å². The summed E-state index contributed by atoms with van der Waals surface area (Å²) in [4.78, 5) is 10.6. The summed E-state index contributed by atoms with van der Waals surface area (Å²) in [5, 5.41) is 0. The van der Waals surface area contributed by atoms with Crippen LogP contribution in [0.3, 0.4) is 0 Å². The first-order chi connectivity index (χ1) is 6.41. The Hall–Kier alpha value is -0.880. The van der Waals surface area contributed by atoms with Crippen LogP contribution in [0.1, 0.15) is 20.3 Å². The molecule has 0 aliphatic heterocycles. The van der Waals surface area contributed by atoms with Gasteiger partial charge in [0.15, 0.2) is 0 Å². The molecule has 0 saturated heterocycles. The lowest BCUT2D eigenvalue weighted by molar-refractivity contribution is -0.122. The summed E-state index contributed by atoms with van der Waals surface area (Å²) in [5.41, 5.74) is 1.76. The van der Waals surface area contributed by atoms with E-state index in [-0.39, 0.29) is 11.7 Å². The third kappa shape index (κ3) is 5.71. The lowest BCUT2D eigenvalue weighted by Gasteiger charge is -2.08. The normalized spacial score (nSPS) is 13.3. The van der Waals surface area contributed by atoms with Crippen LogP contribution in [0.4, 0.5) is 0 Å². The Bertz CT molecular complexity index is 296. The molecule has 14 heavy (non-hydrogen) atoms. The van der Waals surface area contributed by atoms with Crippen LogP contribution >= 0.6 is 0 Å². The zero-order valence-electron chi connectivity index (χ0n) is 8.32. The molecule has 0 aromatic carbocycles. The van der Waals surface area contributed by atoms with Gasteiger partial charge in [-0.3, -0.25) is 4.79 Å². The first kappa shape index (κ1) is 13.1. The van der Waals surface area contributed by atoms with Gasteiger partial charge in [0.1, 0.15) is 0 Å².